The molecule has 0 unspecified atom stereocenters. The van der Waals surface area contributed by atoms with Gasteiger partial charge in [-0.3, -0.25) is 9.69 Å². The zero-order valence-electron chi connectivity index (χ0n) is 17.4. The van der Waals surface area contributed by atoms with Gasteiger partial charge in [0.25, 0.3) is 0 Å². The van der Waals surface area contributed by atoms with Crippen LogP contribution in [0, 0.1) is 0 Å². The van der Waals surface area contributed by atoms with Gasteiger partial charge in [-0.05, 0) is 22.4 Å². The van der Waals surface area contributed by atoms with E-state index in [0.29, 0.717) is 0 Å². The van der Waals surface area contributed by atoms with Gasteiger partial charge < -0.3 is 14.5 Å². The summed E-state index contributed by atoms with van der Waals surface area (Å²) < 4.78 is 11.2. The van der Waals surface area contributed by atoms with E-state index < -0.39 is 0 Å². The van der Waals surface area contributed by atoms with Crippen molar-refractivity contribution in [2.75, 3.05) is 32.8 Å². The molecule has 2 heterocycles. The third-order valence-corrected chi connectivity index (χ3v) is 5.97. The molecule has 0 aliphatic carbocycles. The van der Waals surface area contributed by atoms with Crippen LogP contribution in [0.5, 0.6) is 0 Å². The predicted octanol–water partition coefficient (Wildman–Crippen LogP) is 4.32. The molecule has 1 aliphatic rings. The summed E-state index contributed by atoms with van der Waals surface area (Å²) in [5, 5.41) is 6.56. The molecular weight excluding hydrogens is 388 g/mol. The van der Waals surface area contributed by atoms with E-state index in [0.717, 1.165) is 65.7 Å². The fourth-order valence-electron chi connectivity index (χ4n) is 4.38. The van der Waals surface area contributed by atoms with Gasteiger partial charge in [0, 0.05) is 30.6 Å². The number of carbonyl (C=O) groups is 1. The largest absolute Gasteiger partial charge is 0.464 e. The molecule has 0 spiro atoms. The predicted molar refractivity (Wildman–Crippen MR) is 122 cm³/mol. The smallest absolute Gasteiger partial charge is 0.225 e. The van der Waals surface area contributed by atoms with E-state index >= 15 is 0 Å². The van der Waals surface area contributed by atoms with Crippen molar-refractivity contribution in [3.63, 3.8) is 0 Å². The number of amides is 1. The fourth-order valence-corrected chi connectivity index (χ4v) is 4.38. The van der Waals surface area contributed by atoms with Crippen molar-refractivity contribution in [1.29, 1.82) is 0 Å². The van der Waals surface area contributed by atoms with Gasteiger partial charge in [-0.15, -0.1) is 0 Å². The highest BCUT2D eigenvalue weighted by Gasteiger charge is 2.21. The average Bonchev–Trinajstić information content (AvgIpc) is 3.23. The molecule has 1 aliphatic heterocycles. The molecule has 1 atom stereocenters. The third-order valence-electron chi connectivity index (χ3n) is 5.97. The Morgan fingerprint density at radius 3 is 2.58 bits per heavy atom. The molecule has 5 nitrogen and oxygen atoms in total. The van der Waals surface area contributed by atoms with Gasteiger partial charge in [0.05, 0.1) is 31.9 Å². The molecule has 3 aromatic carbocycles. The van der Waals surface area contributed by atoms with Crippen LogP contribution in [-0.4, -0.2) is 43.7 Å². The van der Waals surface area contributed by atoms with E-state index in [1.807, 2.05) is 36.4 Å². The monoisotopic (exact) mass is 414 g/mol. The molecule has 158 valence electrons. The SMILES string of the molecule is O=C(Cc1coc2ccc3ccccc3c12)N[C@H](CN1CCOCC1)c1ccccc1. The number of carbonyl (C=O) groups excluding carboxylic acids is 1. The van der Waals surface area contributed by atoms with Gasteiger partial charge in [0.2, 0.25) is 5.91 Å². The number of furan rings is 1. The van der Waals surface area contributed by atoms with E-state index in [4.69, 9.17) is 9.15 Å². The molecule has 0 bridgehead atoms. The van der Waals surface area contributed by atoms with Gasteiger partial charge in [0.15, 0.2) is 0 Å². The maximum atomic E-state index is 13.1. The number of hydrogen-bond donors (Lipinski definition) is 1. The molecule has 4 aromatic rings. The molecule has 1 amide bonds. The Bertz CT molecular complexity index is 1180. The van der Waals surface area contributed by atoms with Crippen LogP contribution < -0.4 is 5.32 Å². The highest BCUT2D eigenvalue weighted by atomic mass is 16.5. The first-order chi connectivity index (χ1) is 15.3. The highest BCUT2D eigenvalue weighted by molar-refractivity contribution is 6.08. The van der Waals surface area contributed by atoms with Crippen molar-refractivity contribution >= 4 is 27.6 Å². The van der Waals surface area contributed by atoms with Crippen LogP contribution in [0.1, 0.15) is 17.2 Å². The van der Waals surface area contributed by atoms with E-state index in [-0.39, 0.29) is 18.4 Å². The lowest BCUT2D eigenvalue weighted by atomic mass is 10.0. The molecule has 1 fully saturated rings. The Hall–Kier alpha value is -3.15. The quantitative estimate of drug-likeness (QED) is 0.511. The van der Waals surface area contributed by atoms with Gasteiger partial charge >= 0.3 is 0 Å². The molecule has 1 aromatic heterocycles. The summed E-state index contributed by atoms with van der Waals surface area (Å²) in [5.41, 5.74) is 2.85. The van der Waals surface area contributed by atoms with Crippen molar-refractivity contribution in [2.45, 2.75) is 12.5 Å². The molecule has 1 saturated heterocycles. The number of hydrogen-bond acceptors (Lipinski definition) is 4. The van der Waals surface area contributed by atoms with Gasteiger partial charge in [-0.2, -0.15) is 0 Å². The summed E-state index contributed by atoms with van der Waals surface area (Å²) in [4.78, 5) is 15.5. The first-order valence-electron chi connectivity index (χ1n) is 10.8. The lowest BCUT2D eigenvalue weighted by molar-refractivity contribution is -0.121. The minimum atomic E-state index is -0.0679. The maximum Gasteiger partial charge on any atom is 0.225 e. The third kappa shape index (κ3) is 4.33. The Morgan fingerprint density at radius 1 is 0.968 bits per heavy atom. The van der Waals surface area contributed by atoms with Crippen LogP contribution >= 0.6 is 0 Å². The van der Waals surface area contributed by atoms with Crippen LogP contribution in [0.3, 0.4) is 0 Å². The van der Waals surface area contributed by atoms with Crippen molar-refractivity contribution in [3.05, 3.63) is 84.1 Å². The molecule has 5 rings (SSSR count). The van der Waals surface area contributed by atoms with Crippen molar-refractivity contribution in [1.82, 2.24) is 10.2 Å². The number of morpholine rings is 1. The second kappa shape index (κ2) is 8.92. The second-order valence-corrected chi connectivity index (χ2v) is 8.04. The number of benzene rings is 3. The Labute approximate surface area is 181 Å². The van der Waals surface area contributed by atoms with Crippen LogP contribution in [0.15, 0.2) is 77.4 Å². The second-order valence-electron chi connectivity index (χ2n) is 8.04. The summed E-state index contributed by atoms with van der Waals surface area (Å²) in [6, 6.07) is 22.4. The van der Waals surface area contributed by atoms with Crippen molar-refractivity contribution in [3.8, 4) is 0 Å². The van der Waals surface area contributed by atoms with E-state index in [1.54, 1.807) is 6.26 Å². The van der Waals surface area contributed by atoms with Crippen LogP contribution in [0.4, 0.5) is 0 Å². The number of nitrogens with zero attached hydrogens (tertiary/aromatic N) is 1. The zero-order valence-corrected chi connectivity index (χ0v) is 17.4. The lowest BCUT2D eigenvalue weighted by Crippen LogP contribution is -2.43. The standard InChI is InChI=1S/C26H26N2O3/c29-25(16-21-18-31-24-11-10-19-6-4-5-9-22(19)26(21)24)27-23(20-7-2-1-3-8-20)17-28-12-14-30-15-13-28/h1-11,18,23H,12-17H2,(H,27,29)/t23-/m1/s1. The van der Waals surface area contributed by atoms with Crippen molar-refractivity contribution < 1.29 is 13.9 Å². The minimum Gasteiger partial charge on any atom is -0.464 e. The van der Waals surface area contributed by atoms with E-state index in [2.05, 4.69) is 40.5 Å². The minimum absolute atomic E-state index is 0.00209. The normalized spacial score (nSPS) is 15.9. The first kappa shape index (κ1) is 19.8. The molecular formula is C26H26N2O3. The topological polar surface area (TPSA) is 54.7 Å². The maximum absolute atomic E-state index is 13.1. The molecule has 31 heavy (non-hydrogen) atoms. The van der Waals surface area contributed by atoms with Crippen LogP contribution in [-0.2, 0) is 16.0 Å². The Morgan fingerprint density at radius 2 is 1.74 bits per heavy atom. The van der Waals surface area contributed by atoms with Crippen LogP contribution in [0.2, 0.25) is 0 Å². The van der Waals surface area contributed by atoms with Crippen LogP contribution in [0.25, 0.3) is 21.7 Å². The number of nitrogens with one attached hydrogen (secondary N) is 1. The van der Waals surface area contributed by atoms with Crippen molar-refractivity contribution in [2.24, 2.45) is 0 Å². The summed E-state index contributed by atoms with van der Waals surface area (Å²) in [6.07, 6.45) is 2.00. The molecule has 0 saturated carbocycles. The van der Waals surface area contributed by atoms with Gasteiger partial charge in [0.1, 0.15) is 5.58 Å². The molecule has 5 heteroatoms. The summed E-state index contributed by atoms with van der Waals surface area (Å²) in [7, 11) is 0. The van der Waals surface area contributed by atoms with Gasteiger partial charge in [-0.1, -0.05) is 60.7 Å². The zero-order chi connectivity index (χ0) is 21.0. The lowest BCUT2D eigenvalue weighted by Gasteiger charge is -2.31. The number of ether oxygens (including phenoxy) is 1. The molecule has 1 N–H and O–H groups in total. The number of rotatable bonds is 6. The van der Waals surface area contributed by atoms with Gasteiger partial charge in [-0.25, -0.2) is 0 Å². The summed E-state index contributed by atoms with van der Waals surface area (Å²) in [6.45, 7) is 4.02. The Balaban J connectivity index is 1.38. The fraction of sp³-hybridized carbons (Fsp3) is 0.269. The highest BCUT2D eigenvalue weighted by Crippen LogP contribution is 2.30. The van der Waals surface area contributed by atoms with E-state index in [9.17, 15) is 4.79 Å². The average molecular weight is 415 g/mol. The Kier molecular flexibility index (Phi) is 5.69. The number of fused-ring (bicyclic) bond motifs is 3. The summed E-state index contributed by atoms with van der Waals surface area (Å²) >= 11 is 0. The molecule has 0 radical (unpaired) electrons. The summed E-state index contributed by atoms with van der Waals surface area (Å²) in [5.74, 6) is -0.00209. The first-order valence-corrected chi connectivity index (χ1v) is 10.8. The van der Waals surface area contributed by atoms with E-state index in [1.165, 1.54) is 0 Å².